The van der Waals surface area contributed by atoms with E-state index in [0.29, 0.717) is 22.8 Å². The lowest BCUT2D eigenvalue weighted by molar-refractivity contribution is 0.142. The third-order valence-corrected chi connectivity index (χ3v) is 7.19. The van der Waals surface area contributed by atoms with Crippen LogP contribution in [0.4, 0.5) is 11.4 Å². The van der Waals surface area contributed by atoms with Gasteiger partial charge in [0.25, 0.3) is 0 Å². The third kappa shape index (κ3) is 4.76. The summed E-state index contributed by atoms with van der Waals surface area (Å²) in [7, 11) is 2.21. The number of halogens is 2. The standard InChI is InChI=1S/C24H28Cl2N4/c1-27-24-8-7-20(15-23(24)26)30(16-18-5-3-4-6-22(18)25)21-11-14-29(17-21)19-9-12-28(2)13-10-19/h3-8,15,19,21H,9-14,16-17H2,2H3/t21-/m0/s1. The summed E-state index contributed by atoms with van der Waals surface area (Å²) >= 11 is 12.9. The van der Waals surface area contributed by atoms with E-state index < -0.39 is 0 Å². The number of likely N-dealkylation sites (tertiary alicyclic amines) is 2. The van der Waals surface area contributed by atoms with Gasteiger partial charge in [0.1, 0.15) is 0 Å². The molecule has 2 aliphatic heterocycles. The first kappa shape index (κ1) is 21.5. The lowest BCUT2D eigenvalue weighted by atomic mass is 10.0. The van der Waals surface area contributed by atoms with E-state index in [1.807, 2.05) is 36.4 Å². The van der Waals surface area contributed by atoms with Crippen LogP contribution in [0.15, 0.2) is 42.5 Å². The molecule has 2 fully saturated rings. The number of anilines is 1. The van der Waals surface area contributed by atoms with Gasteiger partial charge in [-0.1, -0.05) is 47.5 Å². The predicted octanol–water partition coefficient (Wildman–Crippen LogP) is 5.72. The van der Waals surface area contributed by atoms with E-state index in [-0.39, 0.29) is 0 Å². The Kier molecular flexibility index (Phi) is 6.85. The second kappa shape index (κ2) is 9.58. The van der Waals surface area contributed by atoms with E-state index >= 15 is 0 Å². The molecule has 158 valence electrons. The Morgan fingerprint density at radius 3 is 2.50 bits per heavy atom. The lowest BCUT2D eigenvalue weighted by Gasteiger charge is -2.36. The molecule has 0 aliphatic carbocycles. The zero-order chi connectivity index (χ0) is 21.1. The van der Waals surface area contributed by atoms with E-state index in [0.717, 1.165) is 42.3 Å². The molecule has 0 aromatic heterocycles. The molecule has 2 heterocycles. The number of hydrogen-bond donors (Lipinski definition) is 0. The summed E-state index contributed by atoms with van der Waals surface area (Å²) in [4.78, 5) is 11.0. The van der Waals surface area contributed by atoms with Crippen LogP contribution in [-0.4, -0.2) is 55.1 Å². The maximum Gasteiger partial charge on any atom is 0.205 e. The van der Waals surface area contributed by atoms with Crippen molar-refractivity contribution in [3.8, 4) is 0 Å². The molecule has 2 aromatic rings. The van der Waals surface area contributed by atoms with Gasteiger partial charge in [-0.25, -0.2) is 4.85 Å². The van der Waals surface area contributed by atoms with Crippen molar-refractivity contribution < 1.29 is 0 Å². The highest BCUT2D eigenvalue weighted by atomic mass is 35.5. The average molecular weight is 443 g/mol. The number of nitrogens with zero attached hydrogens (tertiary/aromatic N) is 4. The Hall–Kier alpha value is -1.77. The molecule has 6 heteroatoms. The minimum atomic E-state index is 0.399. The van der Waals surface area contributed by atoms with Crippen LogP contribution < -0.4 is 4.90 Å². The summed E-state index contributed by atoms with van der Waals surface area (Å²) in [5.41, 5.74) is 2.67. The van der Waals surface area contributed by atoms with E-state index in [1.54, 1.807) is 0 Å². The highest BCUT2D eigenvalue weighted by Crippen LogP contribution is 2.34. The Morgan fingerprint density at radius 2 is 1.80 bits per heavy atom. The van der Waals surface area contributed by atoms with Gasteiger partial charge in [0.15, 0.2) is 0 Å². The van der Waals surface area contributed by atoms with Crippen molar-refractivity contribution in [2.24, 2.45) is 0 Å². The van der Waals surface area contributed by atoms with Crippen LogP contribution in [-0.2, 0) is 6.54 Å². The summed E-state index contributed by atoms with van der Waals surface area (Å²) in [6.07, 6.45) is 3.62. The summed E-state index contributed by atoms with van der Waals surface area (Å²) in [6, 6.07) is 14.9. The molecule has 1 atom stereocenters. The highest BCUT2D eigenvalue weighted by molar-refractivity contribution is 6.33. The van der Waals surface area contributed by atoms with Gasteiger partial charge in [-0.3, -0.25) is 4.90 Å². The van der Waals surface area contributed by atoms with Gasteiger partial charge < -0.3 is 9.80 Å². The fourth-order valence-corrected chi connectivity index (χ4v) is 5.13. The zero-order valence-corrected chi connectivity index (χ0v) is 18.9. The van der Waals surface area contributed by atoms with Crippen LogP contribution in [0, 0.1) is 6.57 Å². The van der Waals surface area contributed by atoms with E-state index in [9.17, 15) is 0 Å². The molecule has 4 nitrogen and oxygen atoms in total. The van der Waals surface area contributed by atoms with Gasteiger partial charge in [0.05, 0.1) is 6.57 Å². The molecule has 30 heavy (non-hydrogen) atoms. The second-order valence-electron chi connectivity index (χ2n) is 8.44. The Morgan fingerprint density at radius 1 is 1.03 bits per heavy atom. The molecular weight excluding hydrogens is 415 g/mol. The first-order valence-electron chi connectivity index (χ1n) is 10.6. The summed E-state index contributed by atoms with van der Waals surface area (Å²) in [5.74, 6) is 0. The first-order valence-corrected chi connectivity index (χ1v) is 11.4. The van der Waals surface area contributed by atoms with Crippen molar-refractivity contribution in [1.29, 1.82) is 0 Å². The van der Waals surface area contributed by atoms with Gasteiger partial charge in [-0.15, -0.1) is 0 Å². The van der Waals surface area contributed by atoms with Crippen molar-refractivity contribution in [2.45, 2.75) is 37.9 Å². The first-order chi connectivity index (χ1) is 14.5. The Labute approximate surface area is 189 Å². The van der Waals surface area contributed by atoms with Crippen LogP contribution in [0.5, 0.6) is 0 Å². The Bertz CT molecular complexity index is 918. The molecule has 0 amide bonds. The minimum Gasteiger partial charge on any atom is -0.363 e. The topological polar surface area (TPSA) is 14.1 Å². The largest absolute Gasteiger partial charge is 0.363 e. The van der Waals surface area contributed by atoms with Crippen LogP contribution in [0.3, 0.4) is 0 Å². The van der Waals surface area contributed by atoms with Gasteiger partial charge in [0.2, 0.25) is 5.69 Å². The molecule has 0 bridgehead atoms. The van der Waals surface area contributed by atoms with E-state index in [1.165, 1.54) is 25.9 Å². The van der Waals surface area contributed by atoms with E-state index in [4.69, 9.17) is 29.8 Å². The summed E-state index contributed by atoms with van der Waals surface area (Å²) in [6.45, 7) is 12.6. The van der Waals surface area contributed by atoms with Gasteiger partial charge >= 0.3 is 0 Å². The van der Waals surface area contributed by atoms with Crippen molar-refractivity contribution in [2.75, 3.05) is 38.1 Å². The number of benzene rings is 2. The molecule has 4 rings (SSSR count). The monoisotopic (exact) mass is 442 g/mol. The van der Waals surface area contributed by atoms with Gasteiger partial charge in [-0.05, 0) is 63.2 Å². The number of rotatable bonds is 5. The minimum absolute atomic E-state index is 0.399. The fraction of sp³-hybridized carbons (Fsp3) is 0.458. The highest BCUT2D eigenvalue weighted by Gasteiger charge is 2.33. The molecular formula is C24H28Cl2N4. The third-order valence-electron chi connectivity index (χ3n) is 6.52. The number of piperidine rings is 1. The molecule has 0 saturated carbocycles. The molecule has 2 saturated heterocycles. The van der Waals surface area contributed by atoms with E-state index in [2.05, 4.69) is 32.7 Å². The fourth-order valence-electron chi connectivity index (χ4n) is 4.72. The Balaban J connectivity index is 1.57. The normalized spacial score (nSPS) is 20.9. The zero-order valence-electron chi connectivity index (χ0n) is 17.4. The van der Waals surface area contributed by atoms with Crippen molar-refractivity contribution in [1.82, 2.24) is 9.80 Å². The van der Waals surface area contributed by atoms with Crippen LogP contribution in [0.25, 0.3) is 4.85 Å². The van der Waals surface area contributed by atoms with Crippen LogP contribution in [0.1, 0.15) is 24.8 Å². The van der Waals surface area contributed by atoms with Gasteiger partial charge in [-0.2, -0.15) is 0 Å². The molecule has 0 spiro atoms. The second-order valence-corrected chi connectivity index (χ2v) is 9.25. The van der Waals surface area contributed by atoms with Crippen LogP contribution in [0.2, 0.25) is 10.0 Å². The van der Waals surface area contributed by atoms with Crippen molar-refractivity contribution in [3.63, 3.8) is 0 Å². The maximum atomic E-state index is 7.29. The number of hydrogen-bond acceptors (Lipinski definition) is 3. The summed E-state index contributed by atoms with van der Waals surface area (Å²) in [5, 5.41) is 1.30. The SMILES string of the molecule is [C-]#[N+]c1ccc(N(Cc2ccccc2Cl)[C@H]2CCN(C3CCN(C)CC3)C2)cc1Cl. The molecule has 2 aromatic carbocycles. The van der Waals surface area contributed by atoms with Crippen molar-refractivity contribution >= 4 is 34.6 Å². The van der Waals surface area contributed by atoms with Crippen molar-refractivity contribution in [3.05, 3.63) is 69.5 Å². The molecule has 2 aliphatic rings. The quantitative estimate of drug-likeness (QED) is 0.550. The van der Waals surface area contributed by atoms with Gasteiger partial charge in [0, 0.05) is 47.5 Å². The maximum absolute atomic E-state index is 7.29. The average Bonchev–Trinajstić information content (AvgIpc) is 3.23. The van der Waals surface area contributed by atoms with Crippen LogP contribution >= 0.6 is 23.2 Å². The summed E-state index contributed by atoms with van der Waals surface area (Å²) < 4.78 is 0. The predicted molar refractivity (Wildman–Crippen MR) is 126 cm³/mol. The lowest BCUT2D eigenvalue weighted by Crippen LogP contribution is -2.44. The molecule has 0 radical (unpaired) electrons. The smallest absolute Gasteiger partial charge is 0.205 e. The molecule has 0 N–H and O–H groups in total. The molecule has 0 unspecified atom stereocenters.